The number of aliphatic imine (C=N–C) groups is 1. The van der Waals surface area contributed by atoms with Crippen LogP contribution >= 0.6 is 0 Å². The van der Waals surface area contributed by atoms with Crippen molar-refractivity contribution in [2.75, 3.05) is 0 Å². The van der Waals surface area contributed by atoms with Crippen LogP contribution in [-0.4, -0.2) is 34.4 Å². The summed E-state index contributed by atoms with van der Waals surface area (Å²) in [6.07, 6.45) is 2.04. The number of rotatable bonds is 5. The van der Waals surface area contributed by atoms with E-state index in [-0.39, 0.29) is 30.0 Å². The van der Waals surface area contributed by atoms with Crippen LogP contribution in [0.2, 0.25) is 0 Å². The Kier molecular flexibility index (Phi) is 8.58. The third kappa shape index (κ3) is 6.46. The summed E-state index contributed by atoms with van der Waals surface area (Å²) >= 11 is 0. The number of hydrogen-bond acceptors (Lipinski definition) is 6. The van der Waals surface area contributed by atoms with Crippen LogP contribution in [0.25, 0.3) is 0 Å². The maximum Gasteiger partial charge on any atom is 0.268 e. The van der Waals surface area contributed by atoms with E-state index in [4.69, 9.17) is 16.2 Å². The van der Waals surface area contributed by atoms with Gasteiger partial charge in [0.25, 0.3) is 10.1 Å². The van der Waals surface area contributed by atoms with E-state index in [1.165, 1.54) is 12.1 Å². The number of aliphatic hydroxyl groups is 1. The molecule has 0 spiro atoms. The first-order chi connectivity index (χ1) is 20.0. The fraction of sp³-hybridized carbons (Fsp3) is 0.344. The zero-order chi connectivity index (χ0) is 30.0. The van der Waals surface area contributed by atoms with Gasteiger partial charge < -0.3 is 26.4 Å². The van der Waals surface area contributed by atoms with Crippen molar-refractivity contribution in [3.63, 3.8) is 0 Å². The predicted molar refractivity (Wildman–Crippen MR) is 162 cm³/mol. The lowest BCUT2D eigenvalue weighted by Gasteiger charge is -2.37. The SMILES string of the molecule is CC[C@@H]1C[C@@H](S(=O)(=O)O)[C@H]2C=C([C@@H](O)c3ccc(O)cc3)CC[C@H]2c2ccc(cc2)[C@@H](N=C(N)N)Oc2ccc1cc2. The van der Waals surface area contributed by atoms with Gasteiger partial charge in [0, 0.05) is 11.5 Å². The molecular weight excluding hydrogens is 554 g/mol. The molecule has 5 aliphatic rings. The highest BCUT2D eigenvalue weighted by Gasteiger charge is 2.41. The van der Waals surface area contributed by atoms with E-state index >= 15 is 0 Å². The minimum atomic E-state index is -4.49. The Balaban J connectivity index is 1.65. The van der Waals surface area contributed by atoms with Crippen LogP contribution in [0.1, 0.15) is 79.0 Å². The molecule has 42 heavy (non-hydrogen) atoms. The molecule has 4 heterocycles. The lowest BCUT2D eigenvalue weighted by atomic mass is 9.72. The predicted octanol–water partition coefficient (Wildman–Crippen LogP) is 5.05. The number of aromatic hydroxyl groups is 1. The van der Waals surface area contributed by atoms with Crippen molar-refractivity contribution >= 4 is 16.1 Å². The Bertz CT molecular complexity index is 1550. The Hall–Kier alpha value is -3.86. The van der Waals surface area contributed by atoms with Crippen molar-refractivity contribution in [1.82, 2.24) is 0 Å². The molecule has 3 aromatic rings. The third-order valence-electron chi connectivity index (χ3n) is 8.51. The molecule has 0 saturated heterocycles. The monoisotopic (exact) mass is 591 g/mol. The van der Waals surface area contributed by atoms with Crippen LogP contribution in [0.3, 0.4) is 0 Å². The maximum absolute atomic E-state index is 13.1. The fourth-order valence-electron chi connectivity index (χ4n) is 6.27. The van der Waals surface area contributed by atoms with Crippen LogP contribution in [0.5, 0.6) is 11.5 Å². The molecule has 0 unspecified atom stereocenters. The second kappa shape index (κ2) is 12.2. The molecule has 4 aliphatic heterocycles. The number of benzene rings is 3. The molecule has 0 amide bonds. The molecule has 8 rings (SSSR count). The number of phenols is 1. The largest absolute Gasteiger partial charge is 0.508 e. The Morgan fingerprint density at radius 3 is 2.19 bits per heavy atom. The first-order valence-electron chi connectivity index (χ1n) is 14.1. The molecule has 0 aromatic heterocycles. The van der Waals surface area contributed by atoms with Crippen LogP contribution in [0.4, 0.5) is 0 Å². The van der Waals surface area contributed by atoms with E-state index in [2.05, 4.69) is 4.99 Å². The van der Waals surface area contributed by atoms with Gasteiger partial charge in [-0.05, 0) is 84.0 Å². The van der Waals surface area contributed by atoms with Crippen LogP contribution in [0.15, 0.2) is 89.4 Å². The summed E-state index contributed by atoms with van der Waals surface area (Å²) in [7, 11) is -4.49. The Morgan fingerprint density at radius 2 is 1.60 bits per heavy atom. The second-order valence-corrected chi connectivity index (χ2v) is 12.7. The van der Waals surface area contributed by atoms with E-state index in [1.807, 2.05) is 49.4 Å². The van der Waals surface area contributed by atoms with E-state index in [0.29, 0.717) is 36.1 Å². The van der Waals surface area contributed by atoms with Crippen molar-refractivity contribution < 1.29 is 27.9 Å². The highest BCUT2D eigenvalue weighted by molar-refractivity contribution is 7.86. The molecule has 6 atom stereocenters. The highest BCUT2D eigenvalue weighted by Crippen LogP contribution is 2.46. The molecule has 3 aromatic carbocycles. The summed E-state index contributed by atoms with van der Waals surface area (Å²) in [6.45, 7) is 1.99. The molecular formula is C32H37N3O6S. The van der Waals surface area contributed by atoms with E-state index in [0.717, 1.165) is 16.7 Å². The van der Waals surface area contributed by atoms with Gasteiger partial charge in [0.1, 0.15) is 17.6 Å². The summed E-state index contributed by atoms with van der Waals surface area (Å²) in [4.78, 5) is 4.28. The zero-order valence-corrected chi connectivity index (χ0v) is 24.2. The Morgan fingerprint density at radius 1 is 0.976 bits per heavy atom. The lowest BCUT2D eigenvalue weighted by molar-refractivity contribution is 0.203. The summed E-state index contributed by atoms with van der Waals surface area (Å²) in [6, 6.07) is 21.3. The van der Waals surface area contributed by atoms with Crippen LogP contribution in [0, 0.1) is 5.92 Å². The molecule has 10 heteroatoms. The standard InChI is InChI=1S/C32H37N3O6S/c1-2-19-18-29(42(38,39)40)28-17-24(30(37)22-7-12-25(36)13-8-22)11-16-27(28)21-3-5-23(6-4-21)31(35-32(33)34)41-26-14-9-20(19)10-15-26/h3-10,12-15,17,19,27-31,36-37H,2,11,16,18H2,1H3,(H4,33,34,35)(H,38,39,40)/t19-,27+,28+,29-,30+,31+/m1/s1. The molecule has 0 saturated carbocycles. The number of nitrogens with two attached hydrogens (primary N) is 2. The number of ether oxygens (including phenoxy) is 1. The molecule has 1 aliphatic carbocycles. The van der Waals surface area contributed by atoms with Crippen LogP contribution < -0.4 is 16.2 Å². The fourth-order valence-corrected chi connectivity index (χ4v) is 7.41. The number of phenolic OH excluding ortho intramolecular Hbond substituents is 1. The summed E-state index contributed by atoms with van der Waals surface area (Å²) in [5.41, 5.74) is 15.2. The third-order valence-corrected chi connectivity index (χ3v) is 9.78. The second-order valence-electron chi connectivity index (χ2n) is 11.1. The van der Waals surface area contributed by atoms with Gasteiger partial charge in [-0.1, -0.05) is 61.5 Å². The number of aliphatic hydroxyl groups excluding tert-OH is 1. The van der Waals surface area contributed by atoms with Gasteiger partial charge >= 0.3 is 0 Å². The first-order valence-corrected chi connectivity index (χ1v) is 15.6. The molecule has 9 nitrogen and oxygen atoms in total. The smallest absolute Gasteiger partial charge is 0.268 e. The average molecular weight is 592 g/mol. The number of guanidine groups is 1. The quantitative estimate of drug-likeness (QED) is 0.119. The summed E-state index contributed by atoms with van der Waals surface area (Å²) < 4.78 is 43.0. The zero-order valence-electron chi connectivity index (χ0n) is 23.4. The van der Waals surface area contributed by atoms with Gasteiger partial charge in [-0.25, -0.2) is 4.99 Å². The molecule has 0 fully saturated rings. The van der Waals surface area contributed by atoms with E-state index in [1.54, 1.807) is 24.3 Å². The van der Waals surface area contributed by atoms with Crippen molar-refractivity contribution in [1.29, 1.82) is 0 Å². The van der Waals surface area contributed by atoms with Gasteiger partial charge in [-0.2, -0.15) is 8.42 Å². The number of hydrogen-bond donors (Lipinski definition) is 5. The topological polar surface area (TPSA) is 168 Å². The van der Waals surface area contributed by atoms with Crippen molar-refractivity contribution in [3.05, 3.63) is 107 Å². The van der Waals surface area contributed by atoms with Gasteiger partial charge in [0.05, 0.1) is 5.25 Å². The molecule has 0 radical (unpaired) electrons. The van der Waals surface area contributed by atoms with Gasteiger partial charge in [-0.15, -0.1) is 0 Å². The van der Waals surface area contributed by atoms with E-state index in [9.17, 15) is 23.2 Å². The summed E-state index contributed by atoms with van der Waals surface area (Å²) in [5.74, 6) is -0.478. The highest BCUT2D eigenvalue weighted by atomic mass is 32.2. The normalized spacial score (nSPS) is 24.8. The van der Waals surface area contributed by atoms with Gasteiger partial charge in [0.15, 0.2) is 5.96 Å². The molecule has 4 bridgehead atoms. The Labute approximate surface area is 246 Å². The van der Waals surface area contributed by atoms with Gasteiger partial charge in [0.2, 0.25) is 6.23 Å². The van der Waals surface area contributed by atoms with Crippen molar-refractivity contribution in [2.45, 2.75) is 62.0 Å². The number of nitrogens with zero attached hydrogens (tertiary/aromatic N) is 1. The minimum absolute atomic E-state index is 0.0893. The summed E-state index contributed by atoms with van der Waals surface area (Å²) in [5, 5.41) is 19.9. The van der Waals surface area contributed by atoms with E-state index < -0.39 is 33.6 Å². The minimum Gasteiger partial charge on any atom is -0.508 e. The number of allylic oxidation sites excluding steroid dienone is 1. The maximum atomic E-state index is 13.1. The molecule has 7 N–H and O–H groups in total. The van der Waals surface area contributed by atoms with Gasteiger partial charge in [-0.3, -0.25) is 4.55 Å². The van der Waals surface area contributed by atoms with Crippen molar-refractivity contribution in [3.8, 4) is 11.5 Å². The van der Waals surface area contributed by atoms with Crippen LogP contribution in [-0.2, 0) is 10.1 Å². The lowest BCUT2D eigenvalue weighted by Crippen LogP contribution is -2.36. The first kappa shape index (κ1) is 29.6. The molecule has 222 valence electrons. The van der Waals surface area contributed by atoms with Crippen molar-refractivity contribution in [2.24, 2.45) is 22.4 Å². The average Bonchev–Trinajstić information content (AvgIpc) is 2.97.